The molecule has 2 rings (SSSR count). The van der Waals surface area contributed by atoms with Gasteiger partial charge in [0.1, 0.15) is 11.5 Å². The largest absolute Gasteiger partial charge is 0.466 e. The Morgan fingerprint density at radius 3 is 2.41 bits per heavy atom. The minimum atomic E-state index is -0.742. The summed E-state index contributed by atoms with van der Waals surface area (Å²) in [5.74, 6) is 1.04. The molecular formula is C17H22N2O3. The van der Waals surface area contributed by atoms with E-state index in [1.54, 1.807) is 19.9 Å². The second-order valence-corrected chi connectivity index (χ2v) is 5.54. The Labute approximate surface area is 130 Å². The molecule has 0 aliphatic carbocycles. The number of amides is 1. The topological polar surface area (TPSA) is 65.7 Å². The van der Waals surface area contributed by atoms with Gasteiger partial charge in [-0.05, 0) is 37.6 Å². The highest BCUT2D eigenvalue weighted by Crippen LogP contribution is 2.18. The van der Waals surface area contributed by atoms with Gasteiger partial charge in [0.15, 0.2) is 0 Å². The van der Waals surface area contributed by atoms with Crippen LogP contribution in [0.25, 0.3) is 0 Å². The van der Waals surface area contributed by atoms with Gasteiger partial charge in [0.05, 0.1) is 11.7 Å². The number of anilines is 1. The van der Waals surface area contributed by atoms with Crippen LogP contribution in [-0.2, 0) is 0 Å². The molecular weight excluding hydrogens is 280 g/mol. The summed E-state index contributed by atoms with van der Waals surface area (Å²) in [5.41, 5.74) is 2.34. The van der Waals surface area contributed by atoms with Crippen LogP contribution in [-0.4, -0.2) is 31.7 Å². The zero-order valence-corrected chi connectivity index (χ0v) is 13.4. The van der Waals surface area contributed by atoms with E-state index >= 15 is 0 Å². The van der Waals surface area contributed by atoms with Gasteiger partial charge < -0.3 is 19.7 Å². The lowest BCUT2D eigenvalue weighted by Gasteiger charge is -2.15. The number of rotatable bonds is 5. The highest BCUT2D eigenvalue weighted by atomic mass is 16.3. The molecule has 5 nitrogen and oxygen atoms in total. The third kappa shape index (κ3) is 3.68. The Morgan fingerprint density at radius 1 is 1.27 bits per heavy atom. The smallest absolute Gasteiger partial charge is 0.254 e. The fourth-order valence-electron chi connectivity index (χ4n) is 2.25. The van der Waals surface area contributed by atoms with Crippen LogP contribution in [0.1, 0.15) is 33.5 Å². The molecule has 0 saturated carbocycles. The highest BCUT2D eigenvalue weighted by Gasteiger charge is 2.15. The maximum atomic E-state index is 12.1. The molecule has 1 amide bonds. The molecule has 22 heavy (non-hydrogen) atoms. The fraction of sp³-hybridized carbons (Fsp3) is 0.353. The molecule has 1 unspecified atom stereocenters. The Morgan fingerprint density at radius 2 is 1.91 bits per heavy atom. The number of aryl methyl sites for hydroxylation is 2. The van der Waals surface area contributed by atoms with Crippen LogP contribution < -0.4 is 10.2 Å². The van der Waals surface area contributed by atoms with E-state index in [0.29, 0.717) is 17.1 Å². The van der Waals surface area contributed by atoms with Gasteiger partial charge in [-0.25, -0.2) is 0 Å². The first-order valence-electron chi connectivity index (χ1n) is 7.19. The lowest BCUT2D eigenvalue weighted by Crippen LogP contribution is -2.28. The summed E-state index contributed by atoms with van der Waals surface area (Å²) in [4.78, 5) is 14.1. The van der Waals surface area contributed by atoms with E-state index in [1.165, 1.54) is 0 Å². The third-order valence-electron chi connectivity index (χ3n) is 3.54. The first-order valence-corrected chi connectivity index (χ1v) is 7.19. The number of nitrogens with one attached hydrogen (secondary N) is 1. The molecule has 0 aliphatic rings. The van der Waals surface area contributed by atoms with Crippen molar-refractivity contribution in [1.29, 1.82) is 0 Å². The van der Waals surface area contributed by atoms with Gasteiger partial charge in [-0.1, -0.05) is 12.1 Å². The molecule has 1 heterocycles. The fourth-order valence-corrected chi connectivity index (χ4v) is 2.25. The molecule has 0 fully saturated rings. The molecule has 1 aromatic carbocycles. The molecule has 0 spiro atoms. The Balaban J connectivity index is 1.96. The average molecular weight is 302 g/mol. The monoisotopic (exact) mass is 302 g/mol. The Hall–Kier alpha value is -2.27. The van der Waals surface area contributed by atoms with Crippen molar-refractivity contribution in [2.75, 3.05) is 25.5 Å². The third-order valence-corrected chi connectivity index (χ3v) is 3.54. The molecule has 2 aromatic rings. The van der Waals surface area contributed by atoms with Gasteiger partial charge in [-0.15, -0.1) is 0 Å². The summed E-state index contributed by atoms with van der Waals surface area (Å²) in [5, 5.41) is 12.9. The van der Waals surface area contributed by atoms with Crippen molar-refractivity contribution in [3.63, 3.8) is 0 Å². The van der Waals surface area contributed by atoms with Crippen molar-refractivity contribution in [3.8, 4) is 0 Å². The zero-order chi connectivity index (χ0) is 16.3. The van der Waals surface area contributed by atoms with Gasteiger partial charge in [-0.3, -0.25) is 4.79 Å². The first kappa shape index (κ1) is 16.1. The number of aliphatic hydroxyl groups is 1. The number of hydrogen-bond acceptors (Lipinski definition) is 4. The SMILES string of the molecule is Cc1cc(C(=O)NCC(O)c2ccc(N(C)C)cc2)c(C)o1. The normalized spacial score (nSPS) is 12.0. The molecule has 5 heteroatoms. The second kappa shape index (κ2) is 6.66. The molecule has 118 valence electrons. The van der Waals surface area contributed by atoms with Gasteiger partial charge in [0.25, 0.3) is 5.91 Å². The zero-order valence-electron chi connectivity index (χ0n) is 13.4. The number of aliphatic hydroxyl groups excluding tert-OH is 1. The van der Waals surface area contributed by atoms with Crippen LogP contribution in [0.2, 0.25) is 0 Å². The van der Waals surface area contributed by atoms with E-state index in [0.717, 1.165) is 11.3 Å². The predicted octanol–water partition coefficient (Wildman–Crippen LogP) is 2.43. The van der Waals surface area contributed by atoms with E-state index in [4.69, 9.17) is 4.42 Å². The molecule has 2 N–H and O–H groups in total. The second-order valence-electron chi connectivity index (χ2n) is 5.54. The Bertz CT molecular complexity index is 644. The number of carbonyl (C=O) groups excluding carboxylic acids is 1. The van der Waals surface area contributed by atoms with E-state index < -0.39 is 6.10 Å². The summed E-state index contributed by atoms with van der Waals surface area (Å²) in [6, 6.07) is 9.29. The average Bonchev–Trinajstić information content (AvgIpc) is 2.83. The summed E-state index contributed by atoms with van der Waals surface area (Å²) < 4.78 is 5.33. The van der Waals surface area contributed by atoms with Crippen LogP contribution in [0.5, 0.6) is 0 Å². The molecule has 1 atom stereocenters. The van der Waals surface area contributed by atoms with Crippen LogP contribution in [0.4, 0.5) is 5.69 Å². The van der Waals surface area contributed by atoms with Crippen molar-refractivity contribution in [3.05, 3.63) is 53.0 Å². The van der Waals surface area contributed by atoms with Crippen LogP contribution >= 0.6 is 0 Å². The quantitative estimate of drug-likeness (QED) is 0.890. The van der Waals surface area contributed by atoms with E-state index in [9.17, 15) is 9.90 Å². The van der Waals surface area contributed by atoms with E-state index in [2.05, 4.69) is 5.32 Å². The summed E-state index contributed by atoms with van der Waals surface area (Å²) in [6.07, 6.45) is -0.742. The van der Waals surface area contributed by atoms with E-state index in [1.807, 2.05) is 43.3 Å². The lowest BCUT2D eigenvalue weighted by atomic mass is 10.1. The summed E-state index contributed by atoms with van der Waals surface area (Å²) in [7, 11) is 3.92. The number of hydrogen-bond donors (Lipinski definition) is 2. The van der Waals surface area contributed by atoms with Crippen molar-refractivity contribution < 1.29 is 14.3 Å². The number of furan rings is 1. The maximum Gasteiger partial charge on any atom is 0.254 e. The number of benzene rings is 1. The minimum absolute atomic E-state index is 0.157. The lowest BCUT2D eigenvalue weighted by molar-refractivity contribution is 0.0915. The molecule has 0 aliphatic heterocycles. The van der Waals surface area contributed by atoms with Crippen LogP contribution in [0.15, 0.2) is 34.7 Å². The molecule has 1 aromatic heterocycles. The van der Waals surface area contributed by atoms with E-state index in [-0.39, 0.29) is 12.5 Å². The standard InChI is InChI=1S/C17H22N2O3/c1-11-9-15(12(2)22-11)17(21)18-10-16(20)13-5-7-14(8-6-13)19(3)4/h5-9,16,20H,10H2,1-4H3,(H,18,21). The van der Waals surface area contributed by atoms with Gasteiger partial charge in [0.2, 0.25) is 0 Å². The summed E-state index contributed by atoms with van der Waals surface area (Å²) >= 11 is 0. The molecule has 0 bridgehead atoms. The van der Waals surface area contributed by atoms with Crippen LogP contribution in [0, 0.1) is 13.8 Å². The van der Waals surface area contributed by atoms with Gasteiger partial charge in [-0.2, -0.15) is 0 Å². The maximum absolute atomic E-state index is 12.1. The number of nitrogens with zero attached hydrogens (tertiary/aromatic N) is 1. The van der Waals surface area contributed by atoms with Crippen molar-refractivity contribution in [2.24, 2.45) is 0 Å². The predicted molar refractivity (Wildman–Crippen MR) is 86.2 cm³/mol. The summed E-state index contributed by atoms with van der Waals surface area (Å²) in [6.45, 7) is 3.70. The Kier molecular flexibility index (Phi) is 4.88. The van der Waals surface area contributed by atoms with Crippen molar-refractivity contribution in [2.45, 2.75) is 20.0 Å². The molecule has 0 radical (unpaired) electrons. The molecule has 0 saturated heterocycles. The van der Waals surface area contributed by atoms with Gasteiger partial charge in [0, 0.05) is 26.3 Å². The first-order chi connectivity index (χ1) is 10.4. The number of carbonyl (C=O) groups is 1. The van der Waals surface area contributed by atoms with Crippen LogP contribution in [0.3, 0.4) is 0 Å². The van der Waals surface area contributed by atoms with Crippen molar-refractivity contribution >= 4 is 11.6 Å². The van der Waals surface area contributed by atoms with Gasteiger partial charge >= 0.3 is 0 Å². The van der Waals surface area contributed by atoms with Crippen molar-refractivity contribution in [1.82, 2.24) is 5.32 Å². The minimum Gasteiger partial charge on any atom is -0.466 e. The highest BCUT2D eigenvalue weighted by molar-refractivity contribution is 5.95.